The Bertz CT molecular complexity index is 1580. The number of hydrogen-bond donors (Lipinski definition) is 1. The number of nitrogens with zero attached hydrogens (tertiary/aromatic N) is 3. The number of methoxy groups -OCH3 is 1. The molecule has 8 nitrogen and oxygen atoms in total. The van der Waals surface area contributed by atoms with E-state index < -0.39 is 17.4 Å². The van der Waals surface area contributed by atoms with E-state index >= 15 is 0 Å². The van der Waals surface area contributed by atoms with Gasteiger partial charge in [0.25, 0.3) is 5.56 Å². The fourth-order valence-electron chi connectivity index (χ4n) is 4.65. The largest absolute Gasteiger partial charge is 0.504 e. The van der Waals surface area contributed by atoms with Crippen molar-refractivity contribution < 1.29 is 14.6 Å². The van der Waals surface area contributed by atoms with E-state index in [1.54, 1.807) is 37.4 Å². The average Bonchev–Trinajstić information content (AvgIpc) is 3.17. The smallest absolute Gasteiger partial charge is 0.331 e. The SMILES string of the molecule is COc1cc([C@@H]2OCCn3c(-c4ccc(Cl)cc4Cl)c4c(=O)n(C)c(=O)n(C)c4c32)ccc1O. The summed E-state index contributed by atoms with van der Waals surface area (Å²) in [6.45, 7) is 0.801. The lowest BCUT2D eigenvalue weighted by Crippen LogP contribution is -2.37. The summed E-state index contributed by atoms with van der Waals surface area (Å²) in [4.78, 5) is 26.4. The van der Waals surface area contributed by atoms with Crippen LogP contribution in [-0.4, -0.2) is 32.5 Å². The Morgan fingerprint density at radius 1 is 1.09 bits per heavy atom. The monoisotopic (exact) mass is 501 g/mol. The van der Waals surface area contributed by atoms with Gasteiger partial charge in [-0.2, -0.15) is 0 Å². The number of aromatic nitrogens is 3. The number of benzene rings is 2. The van der Waals surface area contributed by atoms with Crippen molar-refractivity contribution in [1.29, 1.82) is 0 Å². The van der Waals surface area contributed by atoms with Gasteiger partial charge in [-0.15, -0.1) is 0 Å². The summed E-state index contributed by atoms with van der Waals surface area (Å²) in [7, 11) is 4.54. The summed E-state index contributed by atoms with van der Waals surface area (Å²) in [6, 6.07) is 10.0. The standard InChI is InChI=1S/C24H21Cl2N3O5/c1-27-20-18(23(31)28(2)24(27)32)19(14-6-5-13(25)11-15(14)26)29-8-9-34-22(21(20)29)12-4-7-16(30)17(10-12)33-3/h4-7,10-11,22,30H,8-9H2,1-3H3/t22-/m0/s1. The molecule has 2 aromatic carbocycles. The van der Waals surface area contributed by atoms with Crippen LogP contribution in [0.15, 0.2) is 46.0 Å². The Hall–Kier alpha value is -3.20. The van der Waals surface area contributed by atoms with Crippen LogP contribution in [0.5, 0.6) is 11.5 Å². The second-order valence-electron chi connectivity index (χ2n) is 8.12. The number of hydrogen-bond acceptors (Lipinski definition) is 5. The highest BCUT2D eigenvalue weighted by atomic mass is 35.5. The van der Waals surface area contributed by atoms with Gasteiger partial charge in [-0.25, -0.2) is 4.79 Å². The van der Waals surface area contributed by atoms with Gasteiger partial charge in [0.15, 0.2) is 11.5 Å². The molecule has 1 N–H and O–H groups in total. The second kappa shape index (κ2) is 8.23. The third-order valence-corrected chi connectivity index (χ3v) is 6.79. The Labute approximate surface area is 204 Å². The van der Waals surface area contributed by atoms with Crippen LogP contribution in [0.2, 0.25) is 10.0 Å². The molecule has 176 valence electrons. The lowest BCUT2D eigenvalue weighted by atomic mass is 10.0. The third kappa shape index (κ3) is 3.25. The minimum absolute atomic E-state index is 0.00259. The molecule has 5 rings (SSSR count). The Kier molecular flexibility index (Phi) is 5.47. The highest BCUT2D eigenvalue weighted by Gasteiger charge is 2.34. The minimum Gasteiger partial charge on any atom is -0.504 e. The molecule has 4 aromatic rings. The lowest BCUT2D eigenvalue weighted by Gasteiger charge is -2.28. The summed E-state index contributed by atoms with van der Waals surface area (Å²) < 4.78 is 16.0. The second-order valence-corrected chi connectivity index (χ2v) is 8.96. The summed E-state index contributed by atoms with van der Waals surface area (Å²) in [5, 5.41) is 11.3. The normalized spacial score (nSPS) is 15.5. The number of aryl methyl sites for hydroxylation is 1. The van der Waals surface area contributed by atoms with E-state index in [9.17, 15) is 14.7 Å². The van der Waals surface area contributed by atoms with Crippen molar-refractivity contribution in [1.82, 2.24) is 13.7 Å². The van der Waals surface area contributed by atoms with Crippen LogP contribution in [0.25, 0.3) is 22.2 Å². The molecule has 0 bridgehead atoms. The van der Waals surface area contributed by atoms with Crippen molar-refractivity contribution >= 4 is 34.1 Å². The number of phenolic OH excluding ortho intramolecular Hbond substituents is 1. The molecule has 0 unspecified atom stereocenters. The molecule has 0 aliphatic carbocycles. The molecule has 1 aliphatic heterocycles. The fraction of sp³-hybridized carbons (Fsp3) is 0.250. The number of ether oxygens (including phenoxy) is 2. The number of aromatic hydroxyl groups is 1. The maximum atomic E-state index is 13.5. The van der Waals surface area contributed by atoms with Crippen LogP contribution in [0.4, 0.5) is 0 Å². The van der Waals surface area contributed by atoms with Gasteiger partial charge < -0.3 is 19.1 Å². The Morgan fingerprint density at radius 2 is 1.85 bits per heavy atom. The maximum absolute atomic E-state index is 13.5. The molecule has 1 aliphatic rings. The minimum atomic E-state index is -0.622. The number of rotatable bonds is 3. The molecule has 34 heavy (non-hydrogen) atoms. The lowest BCUT2D eigenvalue weighted by molar-refractivity contribution is 0.0477. The van der Waals surface area contributed by atoms with E-state index in [1.165, 1.54) is 24.8 Å². The van der Waals surface area contributed by atoms with Gasteiger partial charge in [0.2, 0.25) is 0 Å². The van der Waals surface area contributed by atoms with Crippen molar-refractivity contribution in [3.05, 3.63) is 78.5 Å². The molecule has 0 spiro atoms. The van der Waals surface area contributed by atoms with Gasteiger partial charge in [-0.3, -0.25) is 13.9 Å². The summed E-state index contributed by atoms with van der Waals surface area (Å²) in [5.74, 6) is 0.289. The topological polar surface area (TPSA) is 87.6 Å². The van der Waals surface area contributed by atoms with Gasteiger partial charge in [0.1, 0.15) is 6.10 Å². The van der Waals surface area contributed by atoms with E-state index in [0.717, 1.165) is 4.57 Å². The first-order valence-electron chi connectivity index (χ1n) is 10.5. The van der Waals surface area contributed by atoms with Crippen molar-refractivity contribution in [2.45, 2.75) is 12.6 Å². The molecule has 0 radical (unpaired) electrons. The van der Waals surface area contributed by atoms with Crippen LogP contribution >= 0.6 is 23.2 Å². The zero-order chi connectivity index (χ0) is 24.3. The van der Waals surface area contributed by atoms with Crippen molar-refractivity contribution in [2.24, 2.45) is 14.1 Å². The van der Waals surface area contributed by atoms with E-state index in [-0.39, 0.29) is 5.75 Å². The highest BCUT2D eigenvalue weighted by molar-refractivity contribution is 6.36. The van der Waals surface area contributed by atoms with Crippen LogP contribution in [-0.2, 0) is 25.4 Å². The molecule has 0 amide bonds. The van der Waals surface area contributed by atoms with Gasteiger partial charge in [-0.05, 0) is 35.9 Å². The molecule has 1 atom stereocenters. The third-order valence-electron chi connectivity index (χ3n) is 6.25. The first-order valence-corrected chi connectivity index (χ1v) is 11.3. The van der Waals surface area contributed by atoms with E-state index in [4.69, 9.17) is 32.7 Å². The van der Waals surface area contributed by atoms with E-state index in [1.807, 2.05) is 4.57 Å². The molecule has 0 fully saturated rings. The average molecular weight is 502 g/mol. The molecular formula is C24H21Cl2N3O5. The molecule has 3 heterocycles. The van der Waals surface area contributed by atoms with Crippen LogP contribution < -0.4 is 16.0 Å². The zero-order valence-corrected chi connectivity index (χ0v) is 20.1. The van der Waals surface area contributed by atoms with Crippen molar-refractivity contribution in [3.63, 3.8) is 0 Å². The van der Waals surface area contributed by atoms with Crippen LogP contribution in [0, 0.1) is 0 Å². The summed E-state index contributed by atoms with van der Waals surface area (Å²) in [6.07, 6.45) is -0.622. The molecule has 10 heteroatoms. The number of fused-ring (bicyclic) bond motifs is 3. The van der Waals surface area contributed by atoms with Crippen LogP contribution in [0.3, 0.4) is 0 Å². The predicted octanol–water partition coefficient (Wildman–Crippen LogP) is 3.85. The first kappa shape index (κ1) is 22.6. The Morgan fingerprint density at radius 3 is 2.56 bits per heavy atom. The number of halogens is 2. The van der Waals surface area contributed by atoms with Crippen LogP contribution in [0.1, 0.15) is 17.4 Å². The first-order chi connectivity index (χ1) is 16.2. The van der Waals surface area contributed by atoms with Crippen molar-refractivity contribution in [3.8, 4) is 22.8 Å². The van der Waals surface area contributed by atoms with Crippen molar-refractivity contribution in [2.75, 3.05) is 13.7 Å². The van der Waals surface area contributed by atoms with Gasteiger partial charge >= 0.3 is 5.69 Å². The van der Waals surface area contributed by atoms with E-state index in [2.05, 4.69) is 0 Å². The molecule has 0 saturated carbocycles. The zero-order valence-electron chi connectivity index (χ0n) is 18.6. The molecular weight excluding hydrogens is 481 g/mol. The van der Waals surface area contributed by atoms with E-state index in [0.29, 0.717) is 62.4 Å². The maximum Gasteiger partial charge on any atom is 0.331 e. The Balaban J connectivity index is 1.93. The molecule has 2 aromatic heterocycles. The quantitative estimate of drug-likeness (QED) is 0.460. The van der Waals surface area contributed by atoms with Gasteiger partial charge in [0.05, 0.1) is 41.0 Å². The highest BCUT2D eigenvalue weighted by Crippen LogP contribution is 2.43. The summed E-state index contributed by atoms with van der Waals surface area (Å²) >= 11 is 12.7. The van der Waals surface area contributed by atoms with Gasteiger partial charge in [0, 0.05) is 31.2 Å². The summed E-state index contributed by atoms with van der Waals surface area (Å²) in [5.41, 5.74) is 2.16. The fourth-order valence-corrected chi connectivity index (χ4v) is 5.15. The molecule has 0 saturated heterocycles. The predicted molar refractivity (Wildman–Crippen MR) is 130 cm³/mol. The number of phenols is 1. The van der Waals surface area contributed by atoms with Gasteiger partial charge in [-0.1, -0.05) is 29.3 Å².